The summed E-state index contributed by atoms with van der Waals surface area (Å²) in [6.45, 7) is 1.57. The van der Waals surface area contributed by atoms with E-state index in [9.17, 15) is 14.4 Å². The largest absolute Gasteiger partial charge is 0.343 e. The lowest BCUT2D eigenvalue weighted by molar-refractivity contribution is -0.127. The standard InChI is InChI=1S/C14H15N5O3S/c1-9(13(21)16-10-5-8-23-14(10)22)19-12(20)4-3-11(17-19)18-7-2-6-15-18/h2-4,6-7,9-10H,5,8H2,1H3,(H,16,21). The molecule has 1 saturated heterocycles. The first-order valence-corrected chi connectivity index (χ1v) is 8.12. The molecule has 1 amide bonds. The number of thioether (sulfide) groups is 1. The van der Waals surface area contributed by atoms with Gasteiger partial charge in [-0.25, -0.2) is 9.36 Å². The molecule has 2 atom stereocenters. The minimum absolute atomic E-state index is 0.0452. The number of hydrogen-bond donors (Lipinski definition) is 1. The Labute approximate surface area is 135 Å². The lowest BCUT2D eigenvalue weighted by Gasteiger charge is -2.17. The minimum atomic E-state index is -0.823. The highest BCUT2D eigenvalue weighted by Crippen LogP contribution is 2.20. The first-order valence-electron chi connectivity index (χ1n) is 7.13. The number of hydrogen-bond acceptors (Lipinski definition) is 6. The molecule has 8 nitrogen and oxygen atoms in total. The molecule has 3 rings (SSSR count). The van der Waals surface area contributed by atoms with Crippen molar-refractivity contribution in [3.05, 3.63) is 40.9 Å². The second kappa shape index (κ2) is 6.37. The first kappa shape index (κ1) is 15.5. The van der Waals surface area contributed by atoms with E-state index in [1.165, 1.54) is 28.6 Å². The summed E-state index contributed by atoms with van der Waals surface area (Å²) in [6.07, 6.45) is 3.89. The molecule has 9 heteroatoms. The van der Waals surface area contributed by atoms with Gasteiger partial charge < -0.3 is 5.32 Å². The van der Waals surface area contributed by atoms with Gasteiger partial charge in [-0.2, -0.15) is 5.10 Å². The van der Waals surface area contributed by atoms with Crippen LogP contribution in [0.2, 0.25) is 0 Å². The smallest absolute Gasteiger partial charge is 0.267 e. The molecule has 0 aromatic carbocycles. The van der Waals surface area contributed by atoms with Crippen LogP contribution in [0.3, 0.4) is 0 Å². The summed E-state index contributed by atoms with van der Waals surface area (Å²) in [4.78, 5) is 35.9. The molecule has 1 aliphatic rings. The van der Waals surface area contributed by atoms with Crippen molar-refractivity contribution >= 4 is 22.8 Å². The van der Waals surface area contributed by atoms with Crippen LogP contribution >= 0.6 is 11.8 Å². The van der Waals surface area contributed by atoms with E-state index in [2.05, 4.69) is 15.5 Å². The second-order valence-electron chi connectivity index (χ2n) is 5.12. The van der Waals surface area contributed by atoms with Crippen LogP contribution in [0.4, 0.5) is 0 Å². The van der Waals surface area contributed by atoms with Crippen LogP contribution in [-0.4, -0.2) is 42.4 Å². The zero-order valence-corrected chi connectivity index (χ0v) is 13.2. The number of aromatic nitrogens is 4. The van der Waals surface area contributed by atoms with Crippen molar-refractivity contribution in [3.63, 3.8) is 0 Å². The van der Waals surface area contributed by atoms with E-state index in [4.69, 9.17) is 0 Å². The molecule has 0 spiro atoms. The second-order valence-corrected chi connectivity index (χ2v) is 6.22. The van der Waals surface area contributed by atoms with Gasteiger partial charge in [0.15, 0.2) is 5.82 Å². The molecule has 0 radical (unpaired) electrons. The third-order valence-electron chi connectivity index (χ3n) is 3.55. The normalized spacial score (nSPS) is 18.8. The van der Waals surface area contributed by atoms with Crippen molar-refractivity contribution in [2.24, 2.45) is 0 Å². The topological polar surface area (TPSA) is 98.9 Å². The Kier molecular flexibility index (Phi) is 4.28. The van der Waals surface area contributed by atoms with Crippen LogP contribution < -0.4 is 10.9 Å². The molecule has 120 valence electrons. The molecule has 2 unspecified atom stereocenters. The van der Waals surface area contributed by atoms with Gasteiger partial charge in [0, 0.05) is 24.2 Å². The van der Waals surface area contributed by atoms with Crippen molar-refractivity contribution in [2.45, 2.75) is 25.4 Å². The van der Waals surface area contributed by atoms with Gasteiger partial charge in [0.1, 0.15) is 6.04 Å². The van der Waals surface area contributed by atoms with Crippen molar-refractivity contribution in [1.29, 1.82) is 0 Å². The zero-order chi connectivity index (χ0) is 16.4. The van der Waals surface area contributed by atoms with E-state index in [0.29, 0.717) is 18.0 Å². The van der Waals surface area contributed by atoms with Crippen LogP contribution in [0.15, 0.2) is 35.4 Å². The van der Waals surface area contributed by atoms with Crippen molar-refractivity contribution in [2.75, 3.05) is 5.75 Å². The van der Waals surface area contributed by atoms with E-state index in [1.807, 2.05) is 0 Å². The quantitative estimate of drug-likeness (QED) is 0.854. The third-order valence-corrected chi connectivity index (χ3v) is 4.56. The summed E-state index contributed by atoms with van der Waals surface area (Å²) in [5.41, 5.74) is -0.393. The first-order chi connectivity index (χ1) is 11.1. The fourth-order valence-corrected chi connectivity index (χ4v) is 3.18. The lowest BCUT2D eigenvalue weighted by atomic mass is 10.2. The molecule has 23 heavy (non-hydrogen) atoms. The highest BCUT2D eigenvalue weighted by molar-refractivity contribution is 8.14. The molecule has 1 N–H and O–H groups in total. The molecule has 2 aromatic heterocycles. The Morgan fingerprint density at radius 1 is 1.43 bits per heavy atom. The van der Waals surface area contributed by atoms with Gasteiger partial charge in [-0.1, -0.05) is 11.8 Å². The Morgan fingerprint density at radius 2 is 2.26 bits per heavy atom. The number of nitrogens with zero attached hydrogens (tertiary/aromatic N) is 4. The van der Waals surface area contributed by atoms with Gasteiger partial charge in [0.05, 0.1) is 6.04 Å². The number of amides is 1. The fraction of sp³-hybridized carbons (Fsp3) is 0.357. The van der Waals surface area contributed by atoms with Gasteiger partial charge in [-0.05, 0) is 25.5 Å². The predicted molar refractivity (Wildman–Crippen MR) is 84.3 cm³/mol. The van der Waals surface area contributed by atoms with Crippen LogP contribution in [0.25, 0.3) is 5.82 Å². The van der Waals surface area contributed by atoms with Gasteiger partial charge >= 0.3 is 0 Å². The van der Waals surface area contributed by atoms with Crippen LogP contribution in [0, 0.1) is 0 Å². The molecule has 1 fully saturated rings. The highest BCUT2D eigenvalue weighted by atomic mass is 32.2. The van der Waals surface area contributed by atoms with E-state index < -0.39 is 23.6 Å². The van der Waals surface area contributed by atoms with Crippen LogP contribution in [0.5, 0.6) is 0 Å². The highest BCUT2D eigenvalue weighted by Gasteiger charge is 2.29. The zero-order valence-electron chi connectivity index (χ0n) is 12.4. The molecule has 0 saturated carbocycles. The average molecular weight is 333 g/mol. The summed E-state index contributed by atoms with van der Waals surface area (Å²) in [6, 6.07) is 3.30. The van der Waals surface area contributed by atoms with Crippen molar-refractivity contribution in [3.8, 4) is 5.82 Å². The average Bonchev–Trinajstić information content (AvgIpc) is 3.20. The summed E-state index contributed by atoms with van der Waals surface area (Å²) < 4.78 is 2.59. The number of nitrogens with one attached hydrogen (secondary N) is 1. The Morgan fingerprint density at radius 3 is 2.91 bits per heavy atom. The summed E-state index contributed by atoms with van der Waals surface area (Å²) >= 11 is 1.21. The van der Waals surface area contributed by atoms with Crippen LogP contribution in [-0.2, 0) is 9.59 Å². The number of carbonyl (C=O) groups is 2. The van der Waals surface area contributed by atoms with Crippen molar-refractivity contribution < 1.29 is 9.59 Å². The maximum Gasteiger partial charge on any atom is 0.267 e. The van der Waals surface area contributed by atoms with Gasteiger partial charge in [0.2, 0.25) is 11.0 Å². The minimum Gasteiger partial charge on any atom is -0.343 e. The summed E-state index contributed by atoms with van der Waals surface area (Å²) in [5, 5.41) is 10.9. The van der Waals surface area contributed by atoms with Gasteiger partial charge in [-0.15, -0.1) is 5.10 Å². The molecular weight excluding hydrogens is 318 g/mol. The monoisotopic (exact) mass is 333 g/mol. The molecule has 1 aliphatic heterocycles. The number of carbonyl (C=O) groups excluding carboxylic acids is 2. The maximum atomic E-state index is 12.3. The Hall–Kier alpha value is -2.42. The molecular formula is C14H15N5O3S. The van der Waals surface area contributed by atoms with Crippen molar-refractivity contribution in [1.82, 2.24) is 24.9 Å². The van der Waals surface area contributed by atoms with Gasteiger partial charge in [0.25, 0.3) is 5.56 Å². The van der Waals surface area contributed by atoms with E-state index in [1.54, 1.807) is 25.4 Å². The Bertz CT molecular complexity index is 786. The maximum absolute atomic E-state index is 12.3. The molecule has 0 aliphatic carbocycles. The molecule has 2 aromatic rings. The van der Waals surface area contributed by atoms with E-state index >= 15 is 0 Å². The summed E-state index contributed by atoms with van der Waals surface area (Å²) in [5.74, 6) is 0.727. The summed E-state index contributed by atoms with van der Waals surface area (Å²) in [7, 11) is 0. The Balaban J connectivity index is 1.82. The molecule has 3 heterocycles. The van der Waals surface area contributed by atoms with Gasteiger partial charge in [-0.3, -0.25) is 14.4 Å². The fourth-order valence-electron chi connectivity index (χ4n) is 2.25. The number of rotatable bonds is 4. The van der Waals surface area contributed by atoms with E-state index in [-0.39, 0.29) is 5.12 Å². The predicted octanol–water partition coefficient (Wildman–Crippen LogP) is 0.138. The lowest BCUT2D eigenvalue weighted by Crippen LogP contribution is -2.43. The third kappa shape index (κ3) is 3.19. The molecule has 0 bridgehead atoms. The van der Waals surface area contributed by atoms with Crippen LogP contribution in [0.1, 0.15) is 19.4 Å². The van der Waals surface area contributed by atoms with E-state index in [0.717, 1.165) is 4.68 Å². The SMILES string of the molecule is CC(C(=O)NC1CCSC1=O)n1nc(-n2cccn2)ccc1=O.